The monoisotopic (exact) mass is 335 g/mol. The molecule has 7 heteroatoms. The molecular weight excluding hydrogens is 318 g/mol. The van der Waals surface area contributed by atoms with Crippen molar-refractivity contribution in [3.63, 3.8) is 0 Å². The number of carbonyl (C=O) groups is 2. The van der Waals surface area contributed by atoms with Crippen LogP contribution in [0.4, 0.5) is 5.82 Å². The second kappa shape index (κ2) is 5.70. The molecule has 3 heterocycles. The fourth-order valence-electron chi connectivity index (χ4n) is 3.31. The summed E-state index contributed by atoms with van der Waals surface area (Å²) in [5, 5.41) is 4.96. The number of aromatic nitrogens is 3. The molecule has 0 atom stereocenters. The second-order valence-corrected chi connectivity index (χ2v) is 6.13. The third-order valence-electron chi connectivity index (χ3n) is 4.62. The van der Waals surface area contributed by atoms with Crippen molar-refractivity contribution in [2.24, 2.45) is 0 Å². The summed E-state index contributed by atoms with van der Waals surface area (Å²) < 4.78 is 1.33. The third-order valence-corrected chi connectivity index (χ3v) is 4.62. The van der Waals surface area contributed by atoms with Gasteiger partial charge in [0.05, 0.1) is 11.1 Å². The predicted molar refractivity (Wildman–Crippen MR) is 92.9 cm³/mol. The number of benzene rings is 1. The van der Waals surface area contributed by atoms with Crippen molar-refractivity contribution in [1.82, 2.24) is 19.7 Å². The summed E-state index contributed by atoms with van der Waals surface area (Å²) in [6, 6.07) is 7.36. The molecule has 1 aromatic carbocycles. The Bertz CT molecular complexity index is 1010. The normalized spacial score (nSPS) is 13.7. The van der Waals surface area contributed by atoms with E-state index in [1.54, 1.807) is 24.2 Å². The van der Waals surface area contributed by atoms with Gasteiger partial charge in [-0.2, -0.15) is 4.68 Å². The van der Waals surface area contributed by atoms with E-state index in [0.717, 1.165) is 16.5 Å². The van der Waals surface area contributed by atoms with E-state index in [9.17, 15) is 9.59 Å². The number of para-hydroxylation sites is 1. The van der Waals surface area contributed by atoms with Crippen molar-refractivity contribution in [3.05, 3.63) is 53.3 Å². The number of pyridine rings is 1. The number of amides is 1. The second-order valence-electron chi connectivity index (χ2n) is 6.13. The van der Waals surface area contributed by atoms with Crippen LogP contribution in [0.25, 0.3) is 10.9 Å². The lowest BCUT2D eigenvalue weighted by atomic mass is 9.96. The van der Waals surface area contributed by atoms with E-state index < -0.39 is 0 Å². The molecule has 0 saturated carbocycles. The summed E-state index contributed by atoms with van der Waals surface area (Å²) in [5.41, 5.74) is 8.94. The van der Waals surface area contributed by atoms with E-state index in [1.165, 1.54) is 4.68 Å². The molecule has 1 amide bonds. The highest BCUT2D eigenvalue weighted by Crippen LogP contribution is 2.25. The van der Waals surface area contributed by atoms with Crippen LogP contribution in [-0.2, 0) is 17.8 Å². The Morgan fingerprint density at radius 1 is 1.20 bits per heavy atom. The van der Waals surface area contributed by atoms with Gasteiger partial charge in [0.25, 0.3) is 5.91 Å². The Kier molecular flexibility index (Phi) is 3.49. The third kappa shape index (κ3) is 2.44. The first-order valence-electron chi connectivity index (χ1n) is 8.05. The maximum atomic E-state index is 13.1. The van der Waals surface area contributed by atoms with Gasteiger partial charge in [0.15, 0.2) is 5.82 Å². The van der Waals surface area contributed by atoms with Gasteiger partial charge in [-0.25, -0.2) is 0 Å². The van der Waals surface area contributed by atoms with Crippen LogP contribution in [-0.4, -0.2) is 38.0 Å². The maximum Gasteiger partial charge on any atom is 0.280 e. The van der Waals surface area contributed by atoms with Gasteiger partial charge >= 0.3 is 0 Å². The summed E-state index contributed by atoms with van der Waals surface area (Å²) in [6.07, 6.45) is 3.90. The molecular formula is C18H17N5O2. The Labute approximate surface area is 144 Å². The van der Waals surface area contributed by atoms with Gasteiger partial charge in [0.1, 0.15) is 0 Å². The lowest BCUT2D eigenvalue weighted by molar-refractivity contribution is -0.129. The lowest BCUT2D eigenvalue weighted by Crippen LogP contribution is -2.35. The summed E-state index contributed by atoms with van der Waals surface area (Å²) in [5.74, 6) is 0.0891. The highest BCUT2D eigenvalue weighted by molar-refractivity contribution is 6.04. The molecule has 3 aromatic rings. The molecule has 2 aromatic heterocycles. The SMILES string of the molecule is CC(=O)N1CCc2c(cncc2C(=O)n2nc(N)c3ccccc32)C1. The summed E-state index contributed by atoms with van der Waals surface area (Å²) in [7, 11) is 0. The minimum Gasteiger partial charge on any atom is -0.382 e. The molecule has 0 spiro atoms. The molecule has 1 aliphatic rings. The van der Waals surface area contributed by atoms with Crippen molar-refractivity contribution in [2.45, 2.75) is 19.9 Å². The average molecular weight is 335 g/mol. The van der Waals surface area contributed by atoms with Crippen LogP contribution in [0.2, 0.25) is 0 Å². The molecule has 0 bridgehead atoms. The van der Waals surface area contributed by atoms with Gasteiger partial charge in [-0.05, 0) is 29.7 Å². The van der Waals surface area contributed by atoms with Gasteiger partial charge < -0.3 is 10.6 Å². The zero-order valence-electron chi connectivity index (χ0n) is 13.8. The Morgan fingerprint density at radius 2 is 2.00 bits per heavy atom. The standard InChI is InChI=1S/C18H17N5O2/c1-11(24)22-7-6-13-12(10-22)8-20-9-15(13)18(25)23-16-5-3-2-4-14(16)17(19)21-23/h2-5,8-9H,6-7,10H2,1H3,(H2,19,21). The molecule has 2 N–H and O–H groups in total. The number of nitrogens with zero attached hydrogens (tertiary/aromatic N) is 4. The number of carbonyl (C=O) groups excluding carboxylic acids is 2. The quantitative estimate of drug-likeness (QED) is 0.729. The van der Waals surface area contributed by atoms with Crippen LogP contribution >= 0.6 is 0 Å². The van der Waals surface area contributed by atoms with Gasteiger partial charge in [-0.3, -0.25) is 14.6 Å². The summed E-state index contributed by atoms with van der Waals surface area (Å²) in [4.78, 5) is 30.6. The van der Waals surface area contributed by atoms with Gasteiger partial charge in [-0.1, -0.05) is 12.1 Å². The maximum absolute atomic E-state index is 13.1. The highest BCUT2D eigenvalue weighted by atomic mass is 16.2. The van der Waals surface area contributed by atoms with Crippen LogP contribution in [0.3, 0.4) is 0 Å². The highest BCUT2D eigenvalue weighted by Gasteiger charge is 2.25. The minimum absolute atomic E-state index is 0.0215. The van der Waals surface area contributed by atoms with Gasteiger partial charge in [-0.15, -0.1) is 5.10 Å². The van der Waals surface area contributed by atoms with Gasteiger partial charge in [0, 0.05) is 37.8 Å². The van der Waals surface area contributed by atoms with Crippen LogP contribution in [0, 0.1) is 0 Å². The molecule has 0 unspecified atom stereocenters. The number of anilines is 1. The number of hydrogen-bond donors (Lipinski definition) is 1. The molecule has 25 heavy (non-hydrogen) atoms. The van der Waals surface area contributed by atoms with E-state index in [2.05, 4.69) is 10.1 Å². The van der Waals surface area contributed by atoms with Crippen molar-refractivity contribution >= 4 is 28.5 Å². The minimum atomic E-state index is -0.256. The first-order chi connectivity index (χ1) is 12.1. The molecule has 0 fully saturated rings. The van der Waals surface area contributed by atoms with Crippen LogP contribution in [0.15, 0.2) is 36.7 Å². The molecule has 126 valence electrons. The number of hydrogen-bond acceptors (Lipinski definition) is 5. The van der Waals surface area contributed by atoms with E-state index in [1.807, 2.05) is 24.3 Å². The zero-order valence-corrected chi connectivity index (χ0v) is 13.8. The Hall–Kier alpha value is -3.22. The number of nitrogen functional groups attached to an aromatic ring is 1. The molecule has 0 saturated heterocycles. The number of fused-ring (bicyclic) bond motifs is 2. The topological polar surface area (TPSA) is 94.1 Å². The van der Waals surface area contributed by atoms with Crippen LogP contribution in [0.5, 0.6) is 0 Å². The predicted octanol–water partition coefficient (Wildman–Crippen LogP) is 1.61. The average Bonchev–Trinajstić information content (AvgIpc) is 2.97. The largest absolute Gasteiger partial charge is 0.382 e. The van der Waals surface area contributed by atoms with Crippen molar-refractivity contribution in [2.75, 3.05) is 12.3 Å². The van der Waals surface area contributed by atoms with Crippen LogP contribution < -0.4 is 5.73 Å². The first kappa shape index (κ1) is 15.3. The molecule has 0 aliphatic carbocycles. The van der Waals surface area contributed by atoms with E-state index >= 15 is 0 Å². The van der Waals surface area contributed by atoms with E-state index in [4.69, 9.17) is 5.73 Å². The molecule has 4 rings (SSSR count). The van der Waals surface area contributed by atoms with Crippen molar-refractivity contribution in [1.29, 1.82) is 0 Å². The summed E-state index contributed by atoms with van der Waals surface area (Å²) >= 11 is 0. The zero-order chi connectivity index (χ0) is 17.6. The van der Waals surface area contributed by atoms with E-state index in [-0.39, 0.29) is 11.8 Å². The van der Waals surface area contributed by atoms with E-state index in [0.29, 0.717) is 36.4 Å². The number of nitrogens with two attached hydrogens (primary N) is 1. The molecule has 0 radical (unpaired) electrons. The smallest absolute Gasteiger partial charge is 0.280 e. The molecule has 7 nitrogen and oxygen atoms in total. The summed E-state index contributed by atoms with van der Waals surface area (Å²) in [6.45, 7) is 2.61. The Balaban J connectivity index is 1.79. The Morgan fingerprint density at radius 3 is 2.80 bits per heavy atom. The van der Waals surface area contributed by atoms with Crippen molar-refractivity contribution in [3.8, 4) is 0 Å². The fourth-order valence-corrected chi connectivity index (χ4v) is 3.31. The lowest BCUT2D eigenvalue weighted by Gasteiger charge is -2.28. The first-order valence-corrected chi connectivity index (χ1v) is 8.05. The fraction of sp³-hybridized carbons (Fsp3) is 0.222. The van der Waals surface area contributed by atoms with Gasteiger partial charge in [0.2, 0.25) is 5.91 Å². The molecule has 1 aliphatic heterocycles. The van der Waals surface area contributed by atoms with Crippen molar-refractivity contribution < 1.29 is 9.59 Å². The number of rotatable bonds is 1. The van der Waals surface area contributed by atoms with Crippen LogP contribution in [0.1, 0.15) is 28.4 Å².